The zero-order chi connectivity index (χ0) is 13.1. The van der Waals surface area contributed by atoms with Crippen molar-refractivity contribution in [1.29, 1.82) is 0 Å². The summed E-state index contributed by atoms with van der Waals surface area (Å²) < 4.78 is 11.5. The van der Waals surface area contributed by atoms with E-state index in [1.54, 1.807) is 6.92 Å². The molecule has 0 unspecified atom stereocenters. The van der Waals surface area contributed by atoms with E-state index in [-0.39, 0.29) is 0 Å². The van der Waals surface area contributed by atoms with Gasteiger partial charge in [-0.2, -0.15) is 0 Å². The summed E-state index contributed by atoms with van der Waals surface area (Å²) in [5.41, 5.74) is 1.47. The van der Waals surface area contributed by atoms with Gasteiger partial charge in [-0.15, -0.1) is 0 Å². The normalized spacial score (nSPS) is 12.4. The molecule has 5 heteroatoms. The van der Waals surface area contributed by atoms with Crippen LogP contribution in [0.4, 0.5) is 0 Å². The molecule has 2 aromatic rings. The van der Waals surface area contributed by atoms with Crippen LogP contribution in [0.2, 0.25) is 0 Å². The molecule has 0 fully saturated rings. The molecule has 96 valence electrons. The maximum Gasteiger partial charge on any atom is 0.134 e. The lowest BCUT2D eigenvalue weighted by molar-refractivity contribution is 0.189. The zero-order valence-electron chi connectivity index (χ0n) is 10.2. The maximum atomic E-state index is 9.70. The van der Waals surface area contributed by atoms with Crippen molar-refractivity contribution in [3.63, 3.8) is 0 Å². The smallest absolute Gasteiger partial charge is 0.134 e. The van der Waals surface area contributed by atoms with Gasteiger partial charge in [-0.05, 0) is 32.0 Å². The second-order valence-corrected chi connectivity index (χ2v) is 4.99. The molecule has 0 spiro atoms. The van der Waals surface area contributed by atoms with Crippen LogP contribution in [-0.4, -0.2) is 10.3 Å². The highest BCUT2D eigenvalue weighted by atomic mass is 79.9. The summed E-state index contributed by atoms with van der Waals surface area (Å²) in [4.78, 5) is 0. The number of ether oxygens (including phenoxy) is 1. The molecule has 18 heavy (non-hydrogen) atoms. The first-order valence-corrected chi connectivity index (χ1v) is 6.38. The van der Waals surface area contributed by atoms with Crippen LogP contribution >= 0.6 is 15.9 Å². The number of hydrogen-bond donors (Lipinski definition) is 1. The van der Waals surface area contributed by atoms with Crippen molar-refractivity contribution in [1.82, 2.24) is 5.16 Å². The number of aryl methyl sites for hydroxylation is 1. The summed E-state index contributed by atoms with van der Waals surface area (Å²) in [7, 11) is 0. The summed E-state index contributed by atoms with van der Waals surface area (Å²) in [6, 6.07) is 7.35. The van der Waals surface area contributed by atoms with Gasteiger partial charge in [-0.3, -0.25) is 0 Å². The highest BCUT2D eigenvalue weighted by Gasteiger charge is 2.11. The second-order valence-electron chi connectivity index (χ2n) is 4.08. The molecule has 1 atom stereocenters. The molecule has 1 aromatic heterocycles. The Hall–Kier alpha value is -1.33. The third-order valence-electron chi connectivity index (χ3n) is 2.47. The molecule has 0 aliphatic heterocycles. The van der Waals surface area contributed by atoms with Crippen molar-refractivity contribution < 1.29 is 14.4 Å². The molecule has 2 rings (SSSR count). The Balaban J connectivity index is 2.13. The quantitative estimate of drug-likeness (QED) is 0.940. The number of hydrogen-bond acceptors (Lipinski definition) is 4. The first-order valence-electron chi connectivity index (χ1n) is 5.59. The molecule has 0 bridgehead atoms. The summed E-state index contributed by atoms with van der Waals surface area (Å²) in [5, 5.41) is 13.5. The molecule has 1 N–H and O–H groups in total. The standard InChI is InChI=1S/C13H14BrNO3/c1-8-5-11(15-18-8)7-17-13-4-3-10(14)6-12(13)9(2)16/h3-6,9,16H,7H2,1-2H3/t9-/m1/s1. The minimum absolute atomic E-state index is 0.318. The van der Waals surface area contributed by atoms with Crippen molar-refractivity contribution in [2.24, 2.45) is 0 Å². The molecule has 0 amide bonds. The van der Waals surface area contributed by atoms with E-state index >= 15 is 0 Å². The minimum atomic E-state index is -0.587. The second kappa shape index (κ2) is 5.54. The zero-order valence-corrected chi connectivity index (χ0v) is 11.8. The van der Waals surface area contributed by atoms with Gasteiger partial charge in [0.1, 0.15) is 23.8 Å². The van der Waals surface area contributed by atoms with Gasteiger partial charge in [0.25, 0.3) is 0 Å². The molecule has 1 aromatic carbocycles. The number of aliphatic hydroxyl groups is 1. The van der Waals surface area contributed by atoms with Crippen LogP contribution in [0.25, 0.3) is 0 Å². The Morgan fingerprint density at radius 2 is 2.22 bits per heavy atom. The number of benzene rings is 1. The Bertz CT molecular complexity index is 537. The van der Waals surface area contributed by atoms with Crippen molar-refractivity contribution in [2.75, 3.05) is 0 Å². The topological polar surface area (TPSA) is 55.5 Å². The van der Waals surface area contributed by atoms with Crippen LogP contribution in [0, 0.1) is 6.92 Å². The van der Waals surface area contributed by atoms with Gasteiger partial charge in [-0.1, -0.05) is 21.1 Å². The lowest BCUT2D eigenvalue weighted by atomic mass is 10.1. The van der Waals surface area contributed by atoms with E-state index < -0.39 is 6.10 Å². The van der Waals surface area contributed by atoms with Crippen molar-refractivity contribution in [2.45, 2.75) is 26.6 Å². The number of aliphatic hydroxyl groups excluding tert-OH is 1. The molecule has 4 nitrogen and oxygen atoms in total. The van der Waals surface area contributed by atoms with Gasteiger partial charge in [0.05, 0.1) is 6.10 Å². The minimum Gasteiger partial charge on any atom is -0.487 e. The lowest BCUT2D eigenvalue weighted by Crippen LogP contribution is -2.01. The third-order valence-corrected chi connectivity index (χ3v) is 2.97. The SMILES string of the molecule is Cc1cc(COc2ccc(Br)cc2[C@@H](C)O)no1. The number of aromatic nitrogens is 1. The van der Waals surface area contributed by atoms with Gasteiger partial charge in [0.15, 0.2) is 0 Å². The predicted molar refractivity (Wildman–Crippen MR) is 70.3 cm³/mol. The van der Waals surface area contributed by atoms with Crippen molar-refractivity contribution in [3.05, 3.63) is 45.8 Å². The van der Waals surface area contributed by atoms with E-state index in [0.29, 0.717) is 12.4 Å². The molecule has 0 saturated heterocycles. The van der Waals surface area contributed by atoms with E-state index in [4.69, 9.17) is 9.26 Å². The van der Waals surface area contributed by atoms with E-state index in [1.165, 1.54) is 0 Å². The third kappa shape index (κ3) is 3.11. The number of nitrogens with zero attached hydrogens (tertiary/aromatic N) is 1. The fourth-order valence-corrected chi connectivity index (χ4v) is 1.99. The molecule has 1 heterocycles. The van der Waals surface area contributed by atoms with Gasteiger partial charge in [-0.25, -0.2) is 0 Å². The highest BCUT2D eigenvalue weighted by Crippen LogP contribution is 2.29. The molecule has 0 aliphatic rings. The van der Waals surface area contributed by atoms with Crippen LogP contribution in [0.3, 0.4) is 0 Å². The first-order chi connectivity index (χ1) is 8.56. The van der Waals surface area contributed by atoms with Crippen molar-refractivity contribution >= 4 is 15.9 Å². The number of halogens is 1. The fraction of sp³-hybridized carbons (Fsp3) is 0.308. The molecule has 0 aliphatic carbocycles. The summed E-state index contributed by atoms with van der Waals surface area (Å²) in [6.07, 6.45) is -0.587. The van der Waals surface area contributed by atoms with Crippen LogP contribution in [0.1, 0.15) is 30.0 Å². The largest absolute Gasteiger partial charge is 0.487 e. The highest BCUT2D eigenvalue weighted by molar-refractivity contribution is 9.10. The molecular formula is C13H14BrNO3. The first kappa shape index (κ1) is 13.1. The Morgan fingerprint density at radius 3 is 2.83 bits per heavy atom. The Kier molecular flexibility index (Phi) is 4.04. The summed E-state index contributed by atoms with van der Waals surface area (Å²) >= 11 is 3.37. The Labute approximate surface area is 114 Å². The lowest BCUT2D eigenvalue weighted by Gasteiger charge is -2.13. The molecule has 0 radical (unpaired) electrons. The fourth-order valence-electron chi connectivity index (χ4n) is 1.61. The average Bonchev–Trinajstić information content (AvgIpc) is 2.73. The van der Waals surface area contributed by atoms with Crippen molar-refractivity contribution in [3.8, 4) is 5.75 Å². The van der Waals surface area contributed by atoms with Crippen LogP contribution in [0.15, 0.2) is 33.3 Å². The van der Waals surface area contributed by atoms with Crippen LogP contribution in [0.5, 0.6) is 5.75 Å². The van der Waals surface area contributed by atoms with E-state index in [0.717, 1.165) is 21.5 Å². The monoisotopic (exact) mass is 311 g/mol. The predicted octanol–water partition coefficient (Wildman–Crippen LogP) is 3.38. The van der Waals surface area contributed by atoms with Crippen LogP contribution in [-0.2, 0) is 6.61 Å². The molecule has 0 saturated carbocycles. The van der Waals surface area contributed by atoms with Crippen LogP contribution < -0.4 is 4.74 Å². The van der Waals surface area contributed by atoms with E-state index in [9.17, 15) is 5.11 Å². The maximum absolute atomic E-state index is 9.70. The van der Waals surface area contributed by atoms with E-state index in [1.807, 2.05) is 31.2 Å². The van der Waals surface area contributed by atoms with Gasteiger partial charge < -0.3 is 14.4 Å². The summed E-state index contributed by atoms with van der Waals surface area (Å²) in [6.45, 7) is 3.85. The Morgan fingerprint density at radius 1 is 1.44 bits per heavy atom. The van der Waals surface area contributed by atoms with Gasteiger partial charge >= 0.3 is 0 Å². The van der Waals surface area contributed by atoms with Gasteiger partial charge in [0, 0.05) is 16.1 Å². The van der Waals surface area contributed by atoms with Gasteiger partial charge in [0.2, 0.25) is 0 Å². The number of rotatable bonds is 4. The summed E-state index contributed by atoms with van der Waals surface area (Å²) in [5.74, 6) is 1.40. The van der Waals surface area contributed by atoms with E-state index in [2.05, 4.69) is 21.1 Å². The average molecular weight is 312 g/mol. The molecular weight excluding hydrogens is 298 g/mol.